The fourth-order valence-electron chi connectivity index (χ4n) is 6.88. The zero-order valence-electron chi connectivity index (χ0n) is 33.9. The molecule has 0 aliphatic heterocycles. The fraction of sp³-hybridized carbons (Fsp3) is 0.696. The van der Waals surface area contributed by atoms with E-state index < -0.39 is 0 Å². The molecule has 0 unspecified atom stereocenters. The Labute approximate surface area is 348 Å². The molecule has 5 nitrogen and oxygen atoms in total. The van der Waals surface area contributed by atoms with Gasteiger partial charge in [-0.25, -0.2) is 18.3 Å². The number of halogens is 2. The number of aromatic nitrogens is 4. The highest BCUT2D eigenvalue weighted by atomic mass is 79.9. The molecule has 0 bridgehead atoms. The van der Waals surface area contributed by atoms with Crippen LogP contribution in [0.4, 0.5) is 0 Å². The number of imidazole rings is 2. The second-order valence-corrected chi connectivity index (χ2v) is 14.8. The Bertz CT molecular complexity index is 1040. The summed E-state index contributed by atoms with van der Waals surface area (Å²) in [6, 6.07) is 0. The van der Waals surface area contributed by atoms with Crippen LogP contribution in [0.2, 0.25) is 0 Å². The molecule has 304 valence electrons. The molecular weight excluding hydrogens is 784 g/mol. The summed E-state index contributed by atoms with van der Waals surface area (Å²) in [6.45, 7) is 13.1. The number of hydrogen-bond donors (Lipinski definition) is 0. The third-order valence-electron chi connectivity index (χ3n) is 10.1. The predicted octanol–water partition coefficient (Wildman–Crippen LogP) is 6.22. The number of unbranched alkanes of at least 4 members (excludes halogenated alkanes) is 24. The van der Waals surface area contributed by atoms with Crippen molar-refractivity contribution in [2.45, 2.75) is 193 Å². The molecule has 0 spiro atoms. The van der Waals surface area contributed by atoms with Gasteiger partial charge in [-0.3, -0.25) is 0 Å². The van der Waals surface area contributed by atoms with Crippen molar-refractivity contribution in [2.75, 3.05) is 13.2 Å². The van der Waals surface area contributed by atoms with Crippen LogP contribution in [0.15, 0.2) is 87.1 Å². The second-order valence-electron chi connectivity index (χ2n) is 14.8. The van der Waals surface area contributed by atoms with Crippen molar-refractivity contribution in [2.24, 2.45) is 0 Å². The van der Waals surface area contributed by atoms with Crippen LogP contribution in [0.5, 0.6) is 0 Å². The van der Waals surface area contributed by atoms with E-state index in [1.807, 2.05) is 12.2 Å². The molecule has 0 radical (unpaired) electrons. The quantitative estimate of drug-likeness (QED) is 0.0449. The van der Waals surface area contributed by atoms with Gasteiger partial charge in [0.25, 0.3) is 0 Å². The number of rotatable bonds is 38. The molecule has 0 amide bonds. The molecule has 0 aliphatic rings. The topological polar surface area (TPSA) is 26.8 Å². The van der Waals surface area contributed by atoms with E-state index in [-0.39, 0.29) is 34.0 Å². The molecule has 53 heavy (non-hydrogen) atoms. The average molecular weight is 865 g/mol. The Morgan fingerprint density at radius 3 is 1.06 bits per heavy atom. The van der Waals surface area contributed by atoms with Crippen LogP contribution in [-0.2, 0) is 30.9 Å². The molecule has 0 aliphatic carbocycles. The van der Waals surface area contributed by atoms with Crippen LogP contribution >= 0.6 is 0 Å². The molecule has 0 saturated heterocycles. The lowest BCUT2D eigenvalue weighted by atomic mass is 10.0. The largest absolute Gasteiger partial charge is 1.00 e. The van der Waals surface area contributed by atoms with Gasteiger partial charge in [0.1, 0.15) is 37.9 Å². The van der Waals surface area contributed by atoms with Crippen LogP contribution in [-0.4, -0.2) is 22.3 Å². The van der Waals surface area contributed by atoms with Crippen LogP contribution < -0.4 is 43.1 Å². The monoisotopic (exact) mass is 862 g/mol. The summed E-state index contributed by atoms with van der Waals surface area (Å²) < 4.78 is 15.2. The maximum atomic E-state index is 5.98. The summed E-state index contributed by atoms with van der Waals surface area (Å²) in [5.41, 5.74) is 0. The maximum absolute atomic E-state index is 5.98. The molecule has 2 aromatic heterocycles. The Morgan fingerprint density at radius 1 is 0.434 bits per heavy atom. The molecule has 7 heteroatoms. The van der Waals surface area contributed by atoms with Gasteiger partial charge < -0.3 is 38.7 Å². The van der Waals surface area contributed by atoms with Crippen molar-refractivity contribution in [3.8, 4) is 0 Å². The Kier molecular flexibility index (Phi) is 38.7. The van der Waals surface area contributed by atoms with Crippen molar-refractivity contribution < 1.29 is 47.8 Å². The summed E-state index contributed by atoms with van der Waals surface area (Å²) in [7, 11) is 0. The number of allylic oxidation sites excluding steroid dienone is 6. The molecule has 2 rings (SSSR count). The van der Waals surface area contributed by atoms with E-state index in [0.29, 0.717) is 0 Å². The molecule has 0 N–H and O–H groups in total. The minimum atomic E-state index is 0. The van der Waals surface area contributed by atoms with Crippen molar-refractivity contribution >= 4 is 0 Å². The highest BCUT2D eigenvalue weighted by Gasteiger charge is 2.06. The van der Waals surface area contributed by atoms with E-state index in [2.05, 4.69) is 93.2 Å². The summed E-state index contributed by atoms with van der Waals surface area (Å²) in [4.78, 5) is 0. The number of ether oxygens (including phenoxy) is 1. The van der Waals surface area contributed by atoms with E-state index in [9.17, 15) is 0 Å². The first-order valence-electron chi connectivity index (χ1n) is 21.5. The highest BCUT2D eigenvalue weighted by Crippen LogP contribution is 2.14. The van der Waals surface area contributed by atoms with E-state index in [4.69, 9.17) is 4.74 Å². The minimum Gasteiger partial charge on any atom is -1.00 e. The summed E-state index contributed by atoms with van der Waals surface area (Å²) in [5.74, 6) is 0. The summed E-state index contributed by atoms with van der Waals surface area (Å²) >= 11 is 0. The SMILES string of the molecule is C=CC=CCCCCCCCCCCCCCC[n+]1ccn(CCOCCn2cc[n+](CCCCCCCCCCCCCCC=CC=C)c2)c1.[Br-].[Br-]. The van der Waals surface area contributed by atoms with Crippen molar-refractivity contribution in [3.63, 3.8) is 0 Å². The lowest BCUT2D eigenvalue weighted by Gasteiger charge is -2.03. The lowest BCUT2D eigenvalue weighted by Crippen LogP contribution is -3.00. The van der Waals surface area contributed by atoms with Gasteiger partial charge in [-0.2, -0.15) is 0 Å². The molecule has 0 saturated carbocycles. The Hall–Kier alpha value is -1.70. The molecule has 0 atom stereocenters. The molecule has 0 fully saturated rings. The summed E-state index contributed by atoms with van der Waals surface area (Å²) in [6.07, 6.45) is 61.3. The van der Waals surface area contributed by atoms with E-state index in [1.54, 1.807) is 0 Å². The zero-order valence-corrected chi connectivity index (χ0v) is 37.1. The van der Waals surface area contributed by atoms with Gasteiger partial charge in [0, 0.05) is 0 Å². The molecule has 2 heterocycles. The molecule has 2 aromatic rings. The smallest absolute Gasteiger partial charge is 0.243 e. The van der Waals surface area contributed by atoms with Gasteiger partial charge in [0.2, 0.25) is 12.7 Å². The van der Waals surface area contributed by atoms with Crippen LogP contribution in [0.1, 0.15) is 167 Å². The number of aryl methyl sites for hydroxylation is 2. The fourth-order valence-corrected chi connectivity index (χ4v) is 6.88. The van der Waals surface area contributed by atoms with Crippen molar-refractivity contribution in [3.05, 3.63) is 87.1 Å². The third-order valence-corrected chi connectivity index (χ3v) is 10.1. The normalized spacial score (nSPS) is 11.3. The Morgan fingerprint density at radius 2 is 0.736 bits per heavy atom. The lowest BCUT2D eigenvalue weighted by molar-refractivity contribution is -0.697. The summed E-state index contributed by atoms with van der Waals surface area (Å²) in [5, 5.41) is 0. The van der Waals surface area contributed by atoms with Gasteiger partial charge in [0.15, 0.2) is 0 Å². The van der Waals surface area contributed by atoms with Crippen molar-refractivity contribution in [1.29, 1.82) is 0 Å². The Balaban J connectivity index is 0.0000135. The molecular formula is C46H80Br2N4O. The molecule has 0 aromatic carbocycles. The van der Waals surface area contributed by atoms with Gasteiger partial charge in [-0.15, -0.1) is 0 Å². The van der Waals surface area contributed by atoms with Crippen LogP contribution in [0, 0.1) is 0 Å². The van der Waals surface area contributed by atoms with Crippen LogP contribution in [0.25, 0.3) is 0 Å². The first-order valence-corrected chi connectivity index (χ1v) is 21.5. The zero-order chi connectivity index (χ0) is 36.1. The number of hydrogen-bond acceptors (Lipinski definition) is 1. The first-order chi connectivity index (χ1) is 25.3. The maximum Gasteiger partial charge on any atom is 0.243 e. The van der Waals surface area contributed by atoms with E-state index in [0.717, 1.165) is 39.4 Å². The standard InChI is InChI=1S/C46H80N4O.2BrH/c1-3-5-7-9-11-13-15-17-19-21-23-25-27-29-31-33-35-47-37-39-49(45-47)41-43-51-44-42-50-40-38-48(46-50)36-34-32-30-28-26-24-22-20-18-16-14-12-10-8-6-4-2;;/h3-8,37-40,45-46H,1-2,9-36,41-44H2;2*1H/q+2;;/p-2. The highest BCUT2D eigenvalue weighted by molar-refractivity contribution is 4.97. The first kappa shape index (κ1) is 51.3. The average Bonchev–Trinajstić information content (AvgIpc) is 3.80. The van der Waals surface area contributed by atoms with Crippen molar-refractivity contribution in [1.82, 2.24) is 9.13 Å². The van der Waals surface area contributed by atoms with Crippen LogP contribution in [0.3, 0.4) is 0 Å². The van der Waals surface area contributed by atoms with Gasteiger partial charge in [0.05, 0.1) is 26.3 Å². The van der Waals surface area contributed by atoms with Gasteiger partial charge in [-0.05, 0) is 51.4 Å². The van der Waals surface area contributed by atoms with Gasteiger partial charge in [-0.1, -0.05) is 165 Å². The van der Waals surface area contributed by atoms with E-state index in [1.165, 1.54) is 167 Å². The van der Waals surface area contributed by atoms with Gasteiger partial charge >= 0.3 is 0 Å². The number of nitrogens with zero attached hydrogens (tertiary/aromatic N) is 4. The minimum absolute atomic E-state index is 0. The third kappa shape index (κ3) is 32.3. The van der Waals surface area contributed by atoms with E-state index >= 15 is 0 Å². The second kappa shape index (κ2) is 40.0. The predicted molar refractivity (Wildman–Crippen MR) is 219 cm³/mol.